The highest BCUT2D eigenvalue weighted by Gasteiger charge is 2.09. The molecule has 0 N–H and O–H groups in total. The highest BCUT2D eigenvalue weighted by Crippen LogP contribution is 2.14. The molecule has 132 valence electrons. The summed E-state index contributed by atoms with van der Waals surface area (Å²) in [6, 6.07) is 13.7. The lowest BCUT2D eigenvalue weighted by Gasteiger charge is -2.13. The van der Waals surface area contributed by atoms with Crippen molar-refractivity contribution < 1.29 is 4.43 Å². The minimum Gasteiger partial charge on any atom is -0.420 e. The van der Waals surface area contributed by atoms with Crippen LogP contribution in [-0.2, 0) is 10.8 Å². The standard InChI is InChI=1S/C21H38OSi/c1-3-19-23(22-4-2)20-15-10-8-6-5-7-9-12-16-21-17-13-11-14-18-21/h11,13-14,17-18,23H,3-10,12,15-16,19-20H2,1-2H3. The van der Waals surface area contributed by atoms with E-state index in [1.165, 1.54) is 81.9 Å². The van der Waals surface area contributed by atoms with E-state index in [-0.39, 0.29) is 0 Å². The minimum atomic E-state index is -0.838. The largest absolute Gasteiger partial charge is 0.420 e. The summed E-state index contributed by atoms with van der Waals surface area (Å²) in [6.07, 6.45) is 13.8. The maximum atomic E-state index is 5.93. The van der Waals surface area contributed by atoms with Gasteiger partial charge in [-0.2, -0.15) is 0 Å². The second kappa shape index (κ2) is 15.0. The third-order valence-electron chi connectivity index (χ3n) is 4.60. The fourth-order valence-electron chi connectivity index (χ4n) is 3.28. The van der Waals surface area contributed by atoms with Crippen molar-refractivity contribution in [2.75, 3.05) is 6.61 Å². The van der Waals surface area contributed by atoms with Crippen LogP contribution in [0.15, 0.2) is 30.3 Å². The smallest absolute Gasteiger partial charge is 0.176 e. The zero-order valence-corrected chi connectivity index (χ0v) is 16.7. The molecule has 0 spiro atoms. The lowest BCUT2D eigenvalue weighted by atomic mass is 10.0. The molecule has 0 fully saturated rings. The highest BCUT2D eigenvalue weighted by atomic mass is 28.3. The number of hydrogen-bond acceptors (Lipinski definition) is 1. The van der Waals surface area contributed by atoms with Gasteiger partial charge in [0.1, 0.15) is 0 Å². The second-order valence-corrected chi connectivity index (χ2v) is 9.45. The Morgan fingerprint density at radius 2 is 1.35 bits per heavy atom. The summed E-state index contributed by atoms with van der Waals surface area (Å²) in [6.45, 7) is 5.37. The van der Waals surface area contributed by atoms with Crippen LogP contribution in [0, 0.1) is 0 Å². The van der Waals surface area contributed by atoms with E-state index < -0.39 is 9.04 Å². The van der Waals surface area contributed by atoms with Crippen molar-refractivity contribution in [2.45, 2.75) is 90.1 Å². The topological polar surface area (TPSA) is 9.23 Å². The summed E-state index contributed by atoms with van der Waals surface area (Å²) < 4.78 is 5.93. The van der Waals surface area contributed by atoms with Crippen LogP contribution in [0.4, 0.5) is 0 Å². The highest BCUT2D eigenvalue weighted by molar-refractivity contribution is 6.51. The molecule has 1 aromatic rings. The van der Waals surface area contributed by atoms with Gasteiger partial charge in [0.15, 0.2) is 9.04 Å². The van der Waals surface area contributed by atoms with Crippen LogP contribution in [0.1, 0.15) is 77.2 Å². The molecule has 1 unspecified atom stereocenters. The van der Waals surface area contributed by atoms with Crippen molar-refractivity contribution in [3.63, 3.8) is 0 Å². The van der Waals surface area contributed by atoms with E-state index >= 15 is 0 Å². The van der Waals surface area contributed by atoms with Gasteiger partial charge in [0.05, 0.1) is 0 Å². The van der Waals surface area contributed by atoms with Gasteiger partial charge in [-0.1, -0.05) is 88.6 Å². The van der Waals surface area contributed by atoms with E-state index in [4.69, 9.17) is 4.43 Å². The van der Waals surface area contributed by atoms with E-state index in [9.17, 15) is 0 Å². The molecule has 1 rings (SSSR count). The Labute approximate surface area is 146 Å². The Balaban J connectivity index is 1.86. The second-order valence-electron chi connectivity index (χ2n) is 6.72. The minimum absolute atomic E-state index is 0.838. The van der Waals surface area contributed by atoms with Gasteiger partial charge in [-0.25, -0.2) is 0 Å². The van der Waals surface area contributed by atoms with Crippen molar-refractivity contribution in [3.8, 4) is 0 Å². The normalized spacial score (nSPS) is 12.4. The molecule has 2 heteroatoms. The molecule has 23 heavy (non-hydrogen) atoms. The summed E-state index contributed by atoms with van der Waals surface area (Å²) in [7, 11) is -0.838. The maximum absolute atomic E-state index is 5.93. The van der Waals surface area contributed by atoms with Crippen LogP contribution in [0.25, 0.3) is 0 Å². The molecule has 0 saturated carbocycles. The van der Waals surface area contributed by atoms with Crippen LogP contribution < -0.4 is 0 Å². The number of rotatable bonds is 15. The summed E-state index contributed by atoms with van der Waals surface area (Å²) in [5, 5.41) is 0. The van der Waals surface area contributed by atoms with E-state index in [0.29, 0.717) is 0 Å². The van der Waals surface area contributed by atoms with Gasteiger partial charge in [-0.3, -0.25) is 0 Å². The number of benzene rings is 1. The van der Waals surface area contributed by atoms with Crippen LogP contribution in [0.2, 0.25) is 12.1 Å². The van der Waals surface area contributed by atoms with Gasteiger partial charge >= 0.3 is 0 Å². The average molecular weight is 335 g/mol. The Hall–Kier alpha value is -0.603. The lowest BCUT2D eigenvalue weighted by Crippen LogP contribution is -2.17. The number of aryl methyl sites for hydroxylation is 1. The number of unbranched alkanes of at least 4 members (excludes halogenated alkanes) is 7. The van der Waals surface area contributed by atoms with E-state index in [2.05, 4.69) is 44.2 Å². The fourth-order valence-corrected chi connectivity index (χ4v) is 5.76. The summed E-state index contributed by atoms with van der Waals surface area (Å²) >= 11 is 0. The van der Waals surface area contributed by atoms with Gasteiger partial charge in [-0.05, 0) is 37.4 Å². The van der Waals surface area contributed by atoms with Crippen molar-refractivity contribution in [1.82, 2.24) is 0 Å². The molecular formula is C21H38OSi. The first-order valence-electron chi connectivity index (χ1n) is 10.0. The molecule has 0 amide bonds. The Kier molecular flexibility index (Phi) is 13.3. The SMILES string of the molecule is CCC[SiH](CCCCCCCCCCc1ccccc1)OCC. The maximum Gasteiger partial charge on any atom is 0.176 e. The molecule has 0 aromatic heterocycles. The Morgan fingerprint density at radius 3 is 1.96 bits per heavy atom. The van der Waals surface area contributed by atoms with E-state index in [1.807, 2.05) is 0 Å². The third kappa shape index (κ3) is 11.6. The van der Waals surface area contributed by atoms with E-state index in [1.54, 1.807) is 0 Å². The molecule has 0 aliphatic rings. The first kappa shape index (κ1) is 20.4. The molecule has 1 aromatic carbocycles. The van der Waals surface area contributed by atoms with Gasteiger partial charge in [0.2, 0.25) is 0 Å². The van der Waals surface area contributed by atoms with Crippen molar-refractivity contribution in [1.29, 1.82) is 0 Å². The molecule has 0 aliphatic carbocycles. The van der Waals surface area contributed by atoms with Crippen LogP contribution in [-0.4, -0.2) is 15.6 Å². The average Bonchev–Trinajstić information content (AvgIpc) is 2.58. The van der Waals surface area contributed by atoms with Gasteiger partial charge < -0.3 is 4.43 Å². The van der Waals surface area contributed by atoms with E-state index in [0.717, 1.165) is 6.61 Å². The van der Waals surface area contributed by atoms with Crippen LogP contribution in [0.3, 0.4) is 0 Å². The quantitative estimate of drug-likeness (QED) is 0.262. The zero-order valence-electron chi connectivity index (χ0n) is 15.6. The Morgan fingerprint density at radius 1 is 0.739 bits per heavy atom. The lowest BCUT2D eigenvalue weighted by molar-refractivity contribution is 0.339. The molecule has 1 nitrogen and oxygen atoms in total. The predicted molar refractivity (Wildman–Crippen MR) is 106 cm³/mol. The van der Waals surface area contributed by atoms with Gasteiger partial charge in [0.25, 0.3) is 0 Å². The van der Waals surface area contributed by atoms with Crippen LogP contribution >= 0.6 is 0 Å². The van der Waals surface area contributed by atoms with Crippen molar-refractivity contribution in [2.24, 2.45) is 0 Å². The molecule has 1 atom stereocenters. The predicted octanol–water partition coefficient (Wildman–Crippen LogP) is 6.52. The number of hydrogen-bond donors (Lipinski definition) is 0. The molecule has 0 aliphatic heterocycles. The molecule has 0 heterocycles. The van der Waals surface area contributed by atoms with Gasteiger partial charge in [-0.15, -0.1) is 0 Å². The first-order valence-corrected chi connectivity index (χ1v) is 12.1. The van der Waals surface area contributed by atoms with Crippen LogP contribution in [0.5, 0.6) is 0 Å². The Bertz CT molecular complexity index is 346. The third-order valence-corrected chi connectivity index (χ3v) is 7.68. The van der Waals surface area contributed by atoms with Crippen molar-refractivity contribution >= 4 is 9.04 Å². The molecular weight excluding hydrogens is 296 g/mol. The zero-order chi connectivity index (χ0) is 16.6. The fraction of sp³-hybridized carbons (Fsp3) is 0.714. The summed E-state index contributed by atoms with van der Waals surface area (Å²) in [5.74, 6) is 0. The molecule has 0 saturated heterocycles. The summed E-state index contributed by atoms with van der Waals surface area (Å²) in [4.78, 5) is 0. The molecule has 0 bridgehead atoms. The summed E-state index contributed by atoms with van der Waals surface area (Å²) in [5.41, 5.74) is 1.49. The molecule has 0 radical (unpaired) electrons. The van der Waals surface area contributed by atoms with Crippen molar-refractivity contribution in [3.05, 3.63) is 35.9 Å². The monoisotopic (exact) mass is 334 g/mol. The van der Waals surface area contributed by atoms with Gasteiger partial charge in [0, 0.05) is 6.61 Å². The first-order chi connectivity index (χ1) is 11.4.